The molecular weight excluding hydrogens is 194 g/mol. The highest BCUT2D eigenvalue weighted by molar-refractivity contribution is 5.87. The molecule has 0 aliphatic rings. The fourth-order valence-electron chi connectivity index (χ4n) is 1.22. The van der Waals surface area contributed by atoms with E-state index in [1.807, 2.05) is 6.07 Å². The number of esters is 1. The Morgan fingerprint density at radius 3 is 3.07 bits per heavy atom. The van der Waals surface area contributed by atoms with Gasteiger partial charge in [0.2, 0.25) is 0 Å². The summed E-state index contributed by atoms with van der Waals surface area (Å²) in [5.74, 6) is -0.344. The topological polar surface area (TPSA) is 80.1 Å². The number of ether oxygens (including phenoxy) is 1. The second kappa shape index (κ2) is 6.21. The monoisotopic (exact) mass is 211 g/mol. The number of rotatable bonds is 6. The van der Waals surface area contributed by atoms with E-state index in [1.165, 1.54) is 7.11 Å². The summed E-state index contributed by atoms with van der Waals surface area (Å²) in [6, 6.07) is 3.58. The van der Waals surface area contributed by atoms with Gasteiger partial charge in [0.05, 0.1) is 7.11 Å². The van der Waals surface area contributed by atoms with Crippen molar-refractivity contribution >= 4 is 5.97 Å². The van der Waals surface area contributed by atoms with Crippen molar-refractivity contribution in [2.45, 2.75) is 13.0 Å². The molecule has 0 amide bonds. The van der Waals surface area contributed by atoms with E-state index in [0.29, 0.717) is 18.8 Å². The van der Waals surface area contributed by atoms with Gasteiger partial charge in [-0.1, -0.05) is 0 Å². The molecule has 0 aliphatic carbocycles. The Kier molecular flexibility index (Phi) is 4.86. The molecule has 5 heteroatoms. The zero-order chi connectivity index (χ0) is 11.1. The van der Waals surface area contributed by atoms with Gasteiger partial charge in [0, 0.05) is 12.2 Å². The van der Waals surface area contributed by atoms with E-state index >= 15 is 0 Å². The molecule has 0 spiro atoms. The van der Waals surface area contributed by atoms with E-state index in [0.717, 1.165) is 18.7 Å². The van der Waals surface area contributed by atoms with Crippen LogP contribution in [0.3, 0.4) is 0 Å². The Balaban J connectivity index is 2.36. The third kappa shape index (κ3) is 3.73. The van der Waals surface area contributed by atoms with Crippen molar-refractivity contribution in [2.24, 2.45) is 5.73 Å². The summed E-state index contributed by atoms with van der Waals surface area (Å²) in [6.07, 6.45) is 0.949. The number of carbonyl (C=O) groups is 1. The summed E-state index contributed by atoms with van der Waals surface area (Å²) >= 11 is 0. The van der Waals surface area contributed by atoms with Crippen LogP contribution in [0.2, 0.25) is 0 Å². The molecule has 0 radical (unpaired) electrons. The molecule has 0 saturated carbocycles. The summed E-state index contributed by atoms with van der Waals surface area (Å²) < 4.78 is 4.59. The van der Waals surface area contributed by atoms with Gasteiger partial charge in [0.15, 0.2) is 0 Å². The molecule has 4 N–H and O–H groups in total. The fraction of sp³-hybridized carbons (Fsp3) is 0.500. The Labute approximate surface area is 89.0 Å². The largest absolute Gasteiger partial charge is 0.464 e. The van der Waals surface area contributed by atoms with Crippen molar-refractivity contribution in [1.82, 2.24) is 10.3 Å². The van der Waals surface area contributed by atoms with E-state index in [4.69, 9.17) is 5.73 Å². The van der Waals surface area contributed by atoms with Crippen molar-refractivity contribution in [3.8, 4) is 0 Å². The summed E-state index contributed by atoms with van der Waals surface area (Å²) in [4.78, 5) is 14.1. The molecule has 0 bridgehead atoms. The first kappa shape index (κ1) is 11.7. The second-order valence-electron chi connectivity index (χ2n) is 3.21. The summed E-state index contributed by atoms with van der Waals surface area (Å²) in [6.45, 7) is 2.27. The van der Waals surface area contributed by atoms with Gasteiger partial charge < -0.3 is 20.8 Å². The molecule has 15 heavy (non-hydrogen) atoms. The predicted octanol–water partition coefficient (Wildman–Crippen LogP) is 0.240. The lowest BCUT2D eigenvalue weighted by Gasteiger charge is -2.01. The number of aromatic nitrogens is 1. The molecule has 0 fully saturated rings. The molecule has 84 valence electrons. The summed E-state index contributed by atoms with van der Waals surface area (Å²) in [5, 5.41) is 3.21. The quantitative estimate of drug-likeness (QED) is 0.465. The van der Waals surface area contributed by atoms with Crippen molar-refractivity contribution in [2.75, 3.05) is 20.2 Å². The summed E-state index contributed by atoms with van der Waals surface area (Å²) in [7, 11) is 1.36. The summed E-state index contributed by atoms with van der Waals surface area (Å²) in [5.41, 5.74) is 6.81. The molecule has 1 rings (SSSR count). The first-order chi connectivity index (χ1) is 7.27. The number of carbonyl (C=O) groups excluding carboxylic acids is 1. The average Bonchev–Trinajstić information content (AvgIpc) is 2.72. The third-order valence-electron chi connectivity index (χ3n) is 2.02. The van der Waals surface area contributed by atoms with Crippen LogP contribution in [0.25, 0.3) is 0 Å². The van der Waals surface area contributed by atoms with Crippen molar-refractivity contribution in [3.63, 3.8) is 0 Å². The molecule has 0 unspecified atom stereocenters. The van der Waals surface area contributed by atoms with Gasteiger partial charge in [-0.2, -0.15) is 0 Å². The maximum absolute atomic E-state index is 11.1. The highest BCUT2D eigenvalue weighted by Gasteiger charge is 2.06. The third-order valence-corrected chi connectivity index (χ3v) is 2.02. The van der Waals surface area contributed by atoms with Gasteiger partial charge >= 0.3 is 5.97 Å². The van der Waals surface area contributed by atoms with Gasteiger partial charge in [-0.05, 0) is 31.6 Å². The van der Waals surface area contributed by atoms with E-state index < -0.39 is 0 Å². The maximum Gasteiger partial charge on any atom is 0.354 e. The zero-order valence-electron chi connectivity index (χ0n) is 8.88. The highest BCUT2D eigenvalue weighted by atomic mass is 16.5. The lowest BCUT2D eigenvalue weighted by atomic mass is 10.4. The molecule has 1 aromatic heterocycles. The Bertz CT molecular complexity index is 309. The lowest BCUT2D eigenvalue weighted by Crippen LogP contribution is -2.18. The van der Waals surface area contributed by atoms with Gasteiger partial charge in [0.25, 0.3) is 0 Å². The molecule has 1 aromatic rings. The standard InChI is InChI=1S/C10H17N3O2/c1-15-10(14)9-4-3-8(13-9)7-12-6-2-5-11/h3-4,12-13H,2,5-7,11H2,1H3. The minimum absolute atomic E-state index is 0.344. The van der Waals surface area contributed by atoms with Gasteiger partial charge in [-0.15, -0.1) is 0 Å². The van der Waals surface area contributed by atoms with Gasteiger partial charge in [-0.25, -0.2) is 4.79 Å². The number of hydrogen-bond donors (Lipinski definition) is 3. The molecular formula is C10H17N3O2. The van der Waals surface area contributed by atoms with Crippen molar-refractivity contribution in [1.29, 1.82) is 0 Å². The average molecular weight is 211 g/mol. The van der Waals surface area contributed by atoms with Crippen LogP contribution < -0.4 is 11.1 Å². The second-order valence-corrected chi connectivity index (χ2v) is 3.21. The Morgan fingerprint density at radius 1 is 1.60 bits per heavy atom. The van der Waals surface area contributed by atoms with Crippen LogP contribution in [0.4, 0.5) is 0 Å². The van der Waals surface area contributed by atoms with Crippen LogP contribution in [0.15, 0.2) is 12.1 Å². The highest BCUT2D eigenvalue weighted by Crippen LogP contribution is 2.02. The SMILES string of the molecule is COC(=O)c1ccc(CNCCCN)[nH]1. The smallest absolute Gasteiger partial charge is 0.354 e. The van der Waals surface area contributed by atoms with E-state index in [-0.39, 0.29) is 5.97 Å². The lowest BCUT2D eigenvalue weighted by molar-refractivity contribution is 0.0594. The van der Waals surface area contributed by atoms with E-state index in [9.17, 15) is 4.79 Å². The number of hydrogen-bond acceptors (Lipinski definition) is 4. The van der Waals surface area contributed by atoms with Crippen molar-refractivity contribution in [3.05, 3.63) is 23.5 Å². The normalized spacial score (nSPS) is 10.3. The van der Waals surface area contributed by atoms with Crippen LogP contribution >= 0.6 is 0 Å². The number of nitrogens with two attached hydrogens (primary N) is 1. The maximum atomic E-state index is 11.1. The van der Waals surface area contributed by atoms with Crippen LogP contribution in [-0.2, 0) is 11.3 Å². The van der Waals surface area contributed by atoms with Crippen LogP contribution in [0.5, 0.6) is 0 Å². The zero-order valence-corrected chi connectivity index (χ0v) is 8.88. The van der Waals surface area contributed by atoms with Crippen molar-refractivity contribution < 1.29 is 9.53 Å². The van der Waals surface area contributed by atoms with Crippen LogP contribution in [-0.4, -0.2) is 31.2 Å². The molecule has 5 nitrogen and oxygen atoms in total. The molecule has 0 atom stereocenters. The molecule has 1 heterocycles. The first-order valence-electron chi connectivity index (χ1n) is 4.95. The minimum Gasteiger partial charge on any atom is -0.464 e. The predicted molar refractivity (Wildman–Crippen MR) is 57.5 cm³/mol. The fourth-order valence-corrected chi connectivity index (χ4v) is 1.22. The molecule has 0 aliphatic heterocycles. The minimum atomic E-state index is -0.344. The number of aromatic amines is 1. The Hall–Kier alpha value is -1.33. The number of methoxy groups -OCH3 is 1. The molecule has 0 saturated heterocycles. The van der Waals surface area contributed by atoms with E-state index in [2.05, 4.69) is 15.0 Å². The number of nitrogens with one attached hydrogen (secondary N) is 2. The van der Waals surface area contributed by atoms with Crippen LogP contribution in [0, 0.1) is 0 Å². The first-order valence-corrected chi connectivity index (χ1v) is 4.95. The van der Waals surface area contributed by atoms with E-state index in [1.54, 1.807) is 6.07 Å². The van der Waals surface area contributed by atoms with Gasteiger partial charge in [-0.3, -0.25) is 0 Å². The Morgan fingerprint density at radius 2 is 2.40 bits per heavy atom. The van der Waals surface area contributed by atoms with Gasteiger partial charge in [0.1, 0.15) is 5.69 Å². The van der Waals surface area contributed by atoms with Crippen LogP contribution in [0.1, 0.15) is 22.6 Å². The molecule has 0 aromatic carbocycles. The number of H-pyrrole nitrogens is 1.